The highest BCUT2D eigenvalue weighted by atomic mass is 32.1. The normalized spacial score (nSPS) is 16.6. The Labute approximate surface area is 204 Å². The van der Waals surface area contributed by atoms with Gasteiger partial charge in [-0.15, -0.1) is 10.2 Å². The number of aromatic nitrogens is 3. The molecule has 2 aliphatic heterocycles. The van der Waals surface area contributed by atoms with Crippen molar-refractivity contribution >= 4 is 34.7 Å². The molecule has 0 aliphatic carbocycles. The summed E-state index contributed by atoms with van der Waals surface area (Å²) >= 11 is 0.916. The summed E-state index contributed by atoms with van der Waals surface area (Å²) in [5.74, 6) is -0.0861. The fraction of sp³-hybridized carbons (Fsp3) is 0.304. The Morgan fingerprint density at radius 3 is 2.83 bits per heavy atom. The quantitative estimate of drug-likeness (QED) is 0.532. The van der Waals surface area contributed by atoms with Gasteiger partial charge in [-0.2, -0.15) is 0 Å². The molecule has 12 heteroatoms. The molecule has 1 unspecified atom stereocenters. The average Bonchev–Trinajstić information content (AvgIpc) is 3.57. The van der Waals surface area contributed by atoms with E-state index in [9.17, 15) is 14.4 Å². The van der Waals surface area contributed by atoms with Crippen LogP contribution in [0.25, 0.3) is 0 Å². The van der Waals surface area contributed by atoms with Gasteiger partial charge >= 0.3 is 0 Å². The molecule has 1 aromatic carbocycles. The minimum Gasteiger partial charge on any atom is -0.454 e. The van der Waals surface area contributed by atoms with Crippen LogP contribution >= 0.6 is 11.3 Å². The smallest absolute Gasteiger partial charge is 0.286 e. The number of ether oxygens (including phenoxy) is 2. The molecule has 1 atom stereocenters. The third kappa shape index (κ3) is 5.22. The van der Waals surface area contributed by atoms with Crippen molar-refractivity contribution in [1.29, 1.82) is 0 Å². The highest BCUT2D eigenvalue weighted by molar-refractivity contribution is 7.15. The predicted molar refractivity (Wildman–Crippen MR) is 125 cm³/mol. The number of nitrogens with one attached hydrogen (secondary N) is 2. The molecule has 2 aliphatic rings. The Kier molecular flexibility index (Phi) is 6.53. The minimum atomic E-state index is -0.480. The lowest BCUT2D eigenvalue weighted by Gasteiger charge is -2.31. The summed E-state index contributed by atoms with van der Waals surface area (Å²) in [6, 6.07) is 8.74. The molecule has 2 aromatic heterocycles. The zero-order valence-electron chi connectivity index (χ0n) is 18.6. The Hall–Kier alpha value is -4.06. The summed E-state index contributed by atoms with van der Waals surface area (Å²) in [7, 11) is 0. The average molecular weight is 495 g/mol. The van der Waals surface area contributed by atoms with Crippen LogP contribution in [0, 0.1) is 5.92 Å². The first kappa shape index (κ1) is 22.7. The first-order valence-corrected chi connectivity index (χ1v) is 11.9. The Bertz CT molecular complexity index is 1250. The van der Waals surface area contributed by atoms with Crippen molar-refractivity contribution in [3.63, 3.8) is 0 Å². The summed E-state index contributed by atoms with van der Waals surface area (Å²) in [4.78, 5) is 43.9. The third-order valence-corrected chi connectivity index (χ3v) is 6.61. The molecule has 5 rings (SSSR count). The molecule has 2 N–H and O–H groups in total. The molecule has 180 valence electrons. The number of carbonyl (C=O) groups excluding carboxylic acids is 3. The van der Waals surface area contributed by atoms with Gasteiger partial charge in [-0.1, -0.05) is 17.4 Å². The summed E-state index contributed by atoms with van der Waals surface area (Å²) in [6.07, 6.45) is 4.78. The molecule has 0 bridgehead atoms. The van der Waals surface area contributed by atoms with Crippen LogP contribution in [0.2, 0.25) is 0 Å². The van der Waals surface area contributed by atoms with E-state index in [2.05, 4.69) is 25.8 Å². The Balaban J connectivity index is 1.17. The van der Waals surface area contributed by atoms with Crippen molar-refractivity contribution in [2.75, 3.05) is 25.2 Å². The number of carbonyl (C=O) groups is 3. The number of benzene rings is 1. The Morgan fingerprint density at radius 2 is 1.97 bits per heavy atom. The SMILES string of the molecule is O=C(Nc1ccc2c(c1)OCO2)c1nnc(C(=O)N2CCCC(C(=O)NCc3cccnc3)C2)s1. The number of likely N-dealkylation sites (tertiary alicyclic amines) is 1. The van der Waals surface area contributed by atoms with E-state index in [1.807, 2.05) is 12.1 Å². The molecule has 11 nitrogen and oxygen atoms in total. The number of hydrogen-bond donors (Lipinski definition) is 2. The van der Waals surface area contributed by atoms with Gasteiger partial charge in [0.1, 0.15) is 0 Å². The van der Waals surface area contributed by atoms with E-state index in [1.54, 1.807) is 35.5 Å². The molecule has 0 saturated carbocycles. The number of amides is 3. The van der Waals surface area contributed by atoms with Crippen molar-refractivity contribution in [2.24, 2.45) is 5.92 Å². The number of rotatable bonds is 6. The van der Waals surface area contributed by atoms with E-state index >= 15 is 0 Å². The van der Waals surface area contributed by atoms with Gasteiger partial charge in [0.15, 0.2) is 11.5 Å². The number of pyridine rings is 1. The maximum atomic E-state index is 13.0. The third-order valence-electron chi connectivity index (χ3n) is 5.70. The van der Waals surface area contributed by atoms with Crippen molar-refractivity contribution in [3.05, 3.63) is 58.3 Å². The zero-order valence-corrected chi connectivity index (χ0v) is 19.4. The zero-order chi connectivity index (χ0) is 24.2. The van der Waals surface area contributed by atoms with Gasteiger partial charge in [0, 0.05) is 43.8 Å². The van der Waals surface area contributed by atoms with E-state index in [0.717, 1.165) is 16.9 Å². The van der Waals surface area contributed by atoms with Crippen LogP contribution in [-0.2, 0) is 11.3 Å². The Morgan fingerprint density at radius 1 is 1.11 bits per heavy atom. The molecule has 0 radical (unpaired) electrons. The molecule has 4 heterocycles. The van der Waals surface area contributed by atoms with Crippen molar-refractivity contribution in [2.45, 2.75) is 19.4 Å². The summed E-state index contributed by atoms with van der Waals surface area (Å²) < 4.78 is 10.6. The largest absolute Gasteiger partial charge is 0.454 e. The molecule has 3 aromatic rings. The van der Waals surface area contributed by atoms with Crippen LogP contribution in [-0.4, -0.2) is 57.7 Å². The number of hydrogen-bond acceptors (Lipinski definition) is 9. The van der Waals surface area contributed by atoms with Gasteiger partial charge in [0.05, 0.1) is 5.92 Å². The lowest BCUT2D eigenvalue weighted by molar-refractivity contribution is -0.126. The van der Waals surface area contributed by atoms with E-state index in [0.29, 0.717) is 43.1 Å². The van der Waals surface area contributed by atoms with E-state index in [1.165, 1.54) is 0 Å². The van der Waals surface area contributed by atoms with Crippen LogP contribution in [0.1, 0.15) is 38.0 Å². The van der Waals surface area contributed by atoms with Crippen molar-refractivity contribution in [3.8, 4) is 11.5 Å². The summed E-state index contributed by atoms with van der Waals surface area (Å²) in [6.45, 7) is 1.33. The fourth-order valence-corrected chi connectivity index (χ4v) is 4.61. The maximum absolute atomic E-state index is 13.0. The first-order chi connectivity index (χ1) is 17.1. The highest BCUT2D eigenvalue weighted by Gasteiger charge is 2.31. The molecular weight excluding hydrogens is 472 g/mol. The second-order valence-corrected chi connectivity index (χ2v) is 9.08. The standard InChI is InChI=1S/C23H22N6O5S/c30-19(25-11-14-3-1-7-24-10-14)15-4-2-8-29(12-15)23(32)22-28-27-21(35-22)20(31)26-16-5-6-17-18(9-16)34-13-33-17/h1,3,5-7,9-10,15H,2,4,8,11-13H2,(H,25,30)(H,26,31). The van der Waals surface area contributed by atoms with Gasteiger partial charge in [-0.25, -0.2) is 0 Å². The summed E-state index contributed by atoms with van der Waals surface area (Å²) in [5, 5.41) is 13.6. The second kappa shape index (κ2) is 10.1. The van der Waals surface area contributed by atoms with Crippen molar-refractivity contribution < 1.29 is 23.9 Å². The highest BCUT2D eigenvalue weighted by Crippen LogP contribution is 2.34. The van der Waals surface area contributed by atoms with Gasteiger partial charge in [0.25, 0.3) is 11.8 Å². The predicted octanol–water partition coefficient (Wildman–Crippen LogP) is 2.08. The second-order valence-electron chi connectivity index (χ2n) is 8.10. The van der Waals surface area contributed by atoms with Gasteiger partial charge < -0.3 is 25.0 Å². The van der Waals surface area contributed by atoms with E-state index in [4.69, 9.17) is 9.47 Å². The van der Waals surface area contributed by atoms with Crippen LogP contribution in [0.15, 0.2) is 42.7 Å². The van der Waals surface area contributed by atoms with Crippen molar-refractivity contribution in [1.82, 2.24) is 25.4 Å². The molecular formula is C23H22N6O5S. The number of fused-ring (bicyclic) bond motifs is 1. The summed E-state index contributed by atoms with van der Waals surface area (Å²) in [5.41, 5.74) is 1.42. The van der Waals surface area contributed by atoms with Gasteiger partial charge in [-0.05, 0) is 36.6 Å². The van der Waals surface area contributed by atoms with Gasteiger partial charge in [-0.3, -0.25) is 19.4 Å². The lowest BCUT2D eigenvalue weighted by atomic mass is 9.97. The maximum Gasteiger partial charge on any atom is 0.286 e. The van der Waals surface area contributed by atoms with Crippen LogP contribution in [0.3, 0.4) is 0 Å². The number of piperidine rings is 1. The first-order valence-electron chi connectivity index (χ1n) is 11.1. The lowest BCUT2D eigenvalue weighted by Crippen LogP contribution is -2.45. The molecule has 3 amide bonds. The van der Waals surface area contributed by atoms with Gasteiger partial charge in [0.2, 0.25) is 22.7 Å². The molecule has 0 spiro atoms. The molecule has 35 heavy (non-hydrogen) atoms. The van der Waals surface area contributed by atoms with E-state index in [-0.39, 0.29) is 41.1 Å². The minimum absolute atomic E-state index is 0.0637. The van der Waals surface area contributed by atoms with Crippen LogP contribution in [0.4, 0.5) is 5.69 Å². The molecule has 1 saturated heterocycles. The number of nitrogens with zero attached hydrogens (tertiary/aromatic N) is 4. The van der Waals surface area contributed by atoms with E-state index < -0.39 is 5.91 Å². The topological polar surface area (TPSA) is 136 Å². The molecule has 1 fully saturated rings. The monoisotopic (exact) mass is 494 g/mol. The van der Waals surface area contributed by atoms with Crippen LogP contribution in [0.5, 0.6) is 11.5 Å². The number of anilines is 1. The fourth-order valence-electron chi connectivity index (χ4n) is 3.91. The van der Waals surface area contributed by atoms with Crippen LogP contribution < -0.4 is 20.1 Å².